The van der Waals surface area contributed by atoms with Crippen LogP contribution in [0.1, 0.15) is 31.0 Å². The van der Waals surface area contributed by atoms with Crippen molar-refractivity contribution in [3.05, 3.63) is 65.5 Å². The Balaban J connectivity index is 2.01. The van der Waals surface area contributed by atoms with Crippen LogP contribution in [0.4, 0.5) is 9.18 Å². The molecule has 0 aliphatic rings. The van der Waals surface area contributed by atoms with Gasteiger partial charge in [0.15, 0.2) is 0 Å². The van der Waals surface area contributed by atoms with Crippen molar-refractivity contribution in [2.45, 2.75) is 26.4 Å². The van der Waals surface area contributed by atoms with Crippen LogP contribution in [-0.4, -0.2) is 22.6 Å². The standard InChI is InChI=1S/C18H21FN2O2/c1-3-21(13(2)15-5-4-6-17(22)11-15)18(23)20-12-14-7-9-16(19)10-8-14/h4-11,13,22H,3,12H2,1-2H3,(H,20,23)/t13-/m0/s1. The average molecular weight is 316 g/mol. The van der Waals surface area contributed by atoms with Gasteiger partial charge in [0, 0.05) is 13.1 Å². The summed E-state index contributed by atoms with van der Waals surface area (Å²) >= 11 is 0. The number of rotatable bonds is 5. The Morgan fingerprint density at radius 1 is 1.26 bits per heavy atom. The number of nitrogens with zero attached hydrogens (tertiary/aromatic N) is 1. The summed E-state index contributed by atoms with van der Waals surface area (Å²) < 4.78 is 12.9. The molecule has 0 heterocycles. The molecule has 0 fully saturated rings. The van der Waals surface area contributed by atoms with Crippen molar-refractivity contribution in [2.75, 3.05) is 6.54 Å². The van der Waals surface area contributed by atoms with E-state index in [1.165, 1.54) is 12.1 Å². The summed E-state index contributed by atoms with van der Waals surface area (Å²) in [6, 6.07) is 12.5. The lowest BCUT2D eigenvalue weighted by molar-refractivity contribution is 0.182. The van der Waals surface area contributed by atoms with E-state index in [-0.39, 0.29) is 23.6 Å². The van der Waals surface area contributed by atoms with Gasteiger partial charge in [0.05, 0.1) is 6.04 Å². The SMILES string of the molecule is CCN(C(=O)NCc1ccc(F)cc1)[C@@H](C)c1cccc(O)c1. The third kappa shape index (κ3) is 4.45. The number of nitrogens with one attached hydrogen (secondary N) is 1. The van der Waals surface area contributed by atoms with Crippen LogP contribution in [0.3, 0.4) is 0 Å². The summed E-state index contributed by atoms with van der Waals surface area (Å²) in [5.74, 6) is -0.120. The second kappa shape index (κ2) is 7.63. The zero-order valence-corrected chi connectivity index (χ0v) is 13.3. The molecule has 2 aromatic rings. The Labute approximate surface area is 135 Å². The molecule has 23 heavy (non-hydrogen) atoms. The normalized spacial score (nSPS) is 11.8. The first-order valence-corrected chi connectivity index (χ1v) is 7.59. The molecule has 2 aromatic carbocycles. The van der Waals surface area contributed by atoms with E-state index in [9.17, 15) is 14.3 Å². The van der Waals surface area contributed by atoms with Gasteiger partial charge < -0.3 is 15.3 Å². The molecule has 0 aromatic heterocycles. The molecule has 0 spiro atoms. The number of hydrogen-bond donors (Lipinski definition) is 2. The van der Waals surface area contributed by atoms with Gasteiger partial charge in [-0.3, -0.25) is 0 Å². The fourth-order valence-electron chi connectivity index (χ4n) is 2.44. The number of hydrogen-bond acceptors (Lipinski definition) is 2. The molecule has 0 radical (unpaired) electrons. The van der Waals surface area contributed by atoms with E-state index in [4.69, 9.17) is 0 Å². The largest absolute Gasteiger partial charge is 0.508 e. The van der Waals surface area contributed by atoms with Gasteiger partial charge in [-0.05, 0) is 49.2 Å². The van der Waals surface area contributed by atoms with E-state index >= 15 is 0 Å². The maximum atomic E-state index is 12.9. The highest BCUT2D eigenvalue weighted by Crippen LogP contribution is 2.23. The summed E-state index contributed by atoms with van der Waals surface area (Å²) in [5.41, 5.74) is 1.70. The summed E-state index contributed by atoms with van der Waals surface area (Å²) in [7, 11) is 0. The number of urea groups is 1. The quantitative estimate of drug-likeness (QED) is 0.881. The van der Waals surface area contributed by atoms with E-state index in [0.717, 1.165) is 11.1 Å². The Morgan fingerprint density at radius 3 is 2.57 bits per heavy atom. The van der Waals surface area contributed by atoms with Crippen molar-refractivity contribution in [3.63, 3.8) is 0 Å². The Bertz CT molecular complexity index is 658. The number of phenolic OH excluding ortho intramolecular Hbond substituents is 1. The molecule has 2 rings (SSSR count). The van der Waals surface area contributed by atoms with Gasteiger partial charge in [-0.15, -0.1) is 0 Å². The van der Waals surface area contributed by atoms with E-state index in [1.807, 2.05) is 19.9 Å². The van der Waals surface area contributed by atoms with Gasteiger partial charge >= 0.3 is 6.03 Å². The maximum Gasteiger partial charge on any atom is 0.318 e. The van der Waals surface area contributed by atoms with Gasteiger partial charge in [0.1, 0.15) is 11.6 Å². The minimum Gasteiger partial charge on any atom is -0.508 e. The molecule has 122 valence electrons. The highest BCUT2D eigenvalue weighted by Gasteiger charge is 2.19. The van der Waals surface area contributed by atoms with Crippen molar-refractivity contribution < 1.29 is 14.3 Å². The minimum atomic E-state index is -0.298. The van der Waals surface area contributed by atoms with E-state index in [2.05, 4.69) is 5.32 Å². The smallest absolute Gasteiger partial charge is 0.318 e. The van der Waals surface area contributed by atoms with Crippen LogP contribution in [-0.2, 0) is 6.54 Å². The van der Waals surface area contributed by atoms with Gasteiger partial charge in [0.25, 0.3) is 0 Å². The van der Waals surface area contributed by atoms with Crippen molar-refractivity contribution in [1.82, 2.24) is 10.2 Å². The fraction of sp³-hybridized carbons (Fsp3) is 0.278. The molecule has 2 N–H and O–H groups in total. The molecular weight excluding hydrogens is 295 g/mol. The first-order chi connectivity index (χ1) is 11.0. The molecule has 0 saturated heterocycles. The third-order valence-corrected chi connectivity index (χ3v) is 3.78. The summed E-state index contributed by atoms with van der Waals surface area (Å²) in [6.07, 6.45) is 0. The topological polar surface area (TPSA) is 52.6 Å². The molecule has 1 atom stereocenters. The predicted molar refractivity (Wildman–Crippen MR) is 87.5 cm³/mol. The van der Waals surface area contributed by atoms with Crippen molar-refractivity contribution >= 4 is 6.03 Å². The Morgan fingerprint density at radius 2 is 1.96 bits per heavy atom. The summed E-state index contributed by atoms with van der Waals surface area (Å²) in [6.45, 7) is 4.68. The highest BCUT2D eigenvalue weighted by atomic mass is 19.1. The van der Waals surface area contributed by atoms with Crippen LogP contribution in [0.2, 0.25) is 0 Å². The van der Waals surface area contributed by atoms with E-state index in [1.54, 1.807) is 35.2 Å². The molecular formula is C18H21FN2O2. The van der Waals surface area contributed by atoms with Crippen LogP contribution in [0.5, 0.6) is 5.75 Å². The molecule has 2 amide bonds. The van der Waals surface area contributed by atoms with Gasteiger partial charge in [-0.2, -0.15) is 0 Å². The lowest BCUT2D eigenvalue weighted by Crippen LogP contribution is -2.41. The second-order valence-corrected chi connectivity index (χ2v) is 5.34. The number of aromatic hydroxyl groups is 1. The minimum absolute atomic E-state index is 0.166. The molecule has 0 aliphatic carbocycles. The number of halogens is 1. The highest BCUT2D eigenvalue weighted by molar-refractivity contribution is 5.74. The lowest BCUT2D eigenvalue weighted by atomic mass is 10.1. The van der Waals surface area contributed by atoms with Crippen LogP contribution in [0.15, 0.2) is 48.5 Å². The Kier molecular flexibility index (Phi) is 5.57. The molecule has 5 heteroatoms. The van der Waals surface area contributed by atoms with Gasteiger partial charge in [0.2, 0.25) is 0 Å². The monoisotopic (exact) mass is 316 g/mol. The zero-order chi connectivity index (χ0) is 16.8. The molecule has 0 aliphatic heterocycles. The Hall–Kier alpha value is -2.56. The summed E-state index contributed by atoms with van der Waals surface area (Å²) in [4.78, 5) is 14.1. The third-order valence-electron chi connectivity index (χ3n) is 3.78. The second-order valence-electron chi connectivity index (χ2n) is 5.34. The van der Waals surface area contributed by atoms with Gasteiger partial charge in [-0.1, -0.05) is 24.3 Å². The first kappa shape index (κ1) is 16.8. The predicted octanol–water partition coefficient (Wildman–Crippen LogP) is 3.82. The van der Waals surface area contributed by atoms with Crippen molar-refractivity contribution in [2.24, 2.45) is 0 Å². The van der Waals surface area contributed by atoms with Gasteiger partial charge in [-0.25, -0.2) is 9.18 Å². The first-order valence-electron chi connectivity index (χ1n) is 7.59. The number of phenols is 1. The van der Waals surface area contributed by atoms with Crippen LogP contribution < -0.4 is 5.32 Å². The average Bonchev–Trinajstić information content (AvgIpc) is 2.55. The fourth-order valence-corrected chi connectivity index (χ4v) is 2.44. The van der Waals surface area contributed by atoms with Crippen LogP contribution in [0.25, 0.3) is 0 Å². The number of benzene rings is 2. The number of amides is 2. The lowest BCUT2D eigenvalue weighted by Gasteiger charge is -2.28. The van der Waals surface area contributed by atoms with Crippen molar-refractivity contribution in [1.29, 1.82) is 0 Å². The molecule has 4 nitrogen and oxygen atoms in total. The molecule has 0 saturated carbocycles. The van der Waals surface area contributed by atoms with Crippen LogP contribution >= 0.6 is 0 Å². The number of carbonyl (C=O) groups excluding carboxylic acids is 1. The molecule has 0 bridgehead atoms. The van der Waals surface area contributed by atoms with E-state index < -0.39 is 0 Å². The summed E-state index contributed by atoms with van der Waals surface area (Å²) in [5, 5.41) is 12.4. The van der Waals surface area contributed by atoms with Crippen molar-refractivity contribution in [3.8, 4) is 5.75 Å². The molecule has 0 unspecified atom stereocenters. The van der Waals surface area contributed by atoms with E-state index in [0.29, 0.717) is 13.1 Å². The maximum absolute atomic E-state index is 12.9. The van der Waals surface area contributed by atoms with Crippen LogP contribution in [0, 0.1) is 5.82 Å². The number of carbonyl (C=O) groups is 1. The zero-order valence-electron chi connectivity index (χ0n) is 13.3.